The van der Waals surface area contributed by atoms with Gasteiger partial charge in [-0.1, -0.05) is 24.3 Å². The van der Waals surface area contributed by atoms with Gasteiger partial charge in [0.2, 0.25) is 0 Å². The lowest BCUT2D eigenvalue weighted by Gasteiger charge is -2.07. The Hall–Kier alpha value is -3.32. The molecule has 2 aromatic carbocycles. The van der Waals surface area contributed by atoms with Gasteiger partial charge in [-0.15, -0.1) is 0 Å². The normalized spacial score (nSPS) is 11.1. The van der Waals surface area contributed by atoms with E-state index in [-0.39, 0.29) is 5.57 Å². The first-order chi connectivity index (χ1) is 14.5. The van der Waals surface area contributed by atoms with E-state index in [4.69, 9.17) is 9.84 Å². The number of aliphatic carboxylic acids is 1. The molecule has 7 nitrogen and oxygen atoms in total. The zero-order valence-corrected chi connectivity index (χ0v) is 18.0. The average Bonchev–Trinajstić information content (AvgIpc) is 3.14. The van der Waals surface area contributed by atoms with Crippen molar-refractivity contribution in [1.29, 1.82) is 5.26 Å². The molecule has 8 heteroatoms. The summed E-state index contributed by atoms with van der Waals surface area (Å²) in [6, 6.07) is 14.9. The van der Waals surface area contributed by atoms with Gasteiger partial charge in [0.15, 0.2) is 6.61 Å². The van der Waals surface area contributed by atoms with E-state index in [2.05, 4.69) is 10.3 Å². The number of fused-ring (bicyclic) bond motifs is 1. The Morgan fingerprint density at radius 3 is 2.80 bits per heavy atom. The van der Waals surface area contributed by atoms with Gasteiger partial charge in [-0.2, -0.15) is 5.26 Å². The number of halogens is 1. The van der Waals surface area contributed by atoms with Gasteiger partial charge in [0, 0.05) is 23.6 Å². The molecule has 0 aliphatic carbocycles. The molecule has 0 saturated carbocycles. The second-order valence-electron chi connectivity index (χ2n) is 6.41. The monoisotopic (exact) mass is 515 g/mol. The number of hydrogen-bond acceptors (Lipinski definition) is 4. The van der Waals surface area contributed by atoms with Crippen LogP contribution in [-0.4, -0.2) is 35.1 Å². The molecule has 0 aliphatic heterocycles. The molecular formula is C22H18IN3O4. The van der Waals surface area contributed by atoms with Crippen LogP contribution >= 0.6 is 22.6 Å². The maximum atomic E-state index is 12.4. The third kappa shape index (κ3) is 5.39. The number of carboxylic acid groups (broad SMARTS) is 1. The summed E-state index contributed by atoms with van der Waals surface area (Å²) in [6.45, 7) is -0.0350. The highest BCUT2D eigenvalue weighted by atomic mass is 127. The van der Waals surface area contributed by atoms with E-state index in [1.807, 2.05) is 59.1 Å². The SMILES string of the molecule is N#C/C(=C/c1ccc(OCC(=O)O)c(I)c1)C(=O)NCCc1c[nH]c2ccccc12. The number of nitriles is 1. The molecule has 3 aromatic rings. The number of aromatic amines is 1. The Balaban J connectivity index is 1.62. The molecule has 0 saturated heterocycles. The van der Waals surface area contributed by atoms with Crippen LogP contribution in [0, 0.1) is 14.9 Å². The number of amides is 1. The molecule has 152 valence electrons. The molecule has 0 unspecified atom stereocenters. The predicted octanol–water partition coefficient (Wildman–Crippen LogP) is 3.50. The van der Waals surface area contributed by atoms with Crippen LogP contribution in [0.1, 0.15) is 11.1 Å². The Bertz CT molecular complexity index is 1160. The fraction of sp³-hybridized carbons (Fsp3) is 0.136. The molecule has 3 rings (SSSR count). The number of H-pyrrole nitrogens is 1. The number of para-hydroxylation sites is 1. The number of rotatable bonds is 8. The Kier molecular flexibility index (Phi) is 7.08. The van der Waals surface area contributed by atoms with Crippen molar-refractivity contribution in [2.24, 2.45) is 0 Å². The predicted molar refractivity (Wildman–Crippen MR) is 121 cm³/mol. The highest BCUT2D eigenvalue weighted by Gasteiger charge is 2.11. The molecule has 1 heterocycles. The number of hydrogen-bond donors (Lipinski definition) is 3. The lowest BCUT2D eigenvalue weighted by molar-refractivity contribution is -0.139. The number of carbonyl (C=O) groups excluding carboxylic acids is 1. The number of nitrogens with one attached hydrogen (secondary N) is 2. The van der Waals surface area contributed by atoms with Crippen LogP contribution in [0.3, 0.4) is 0 Å². The van der Waals surface area contributed by atoms with Gasteiger partial charge in [0.1, 0.15) is 17.4 Å². The van der Waals surface area contributed by atoms with Gasteiger partial charge < -0.3 is 20.1 Å². The molecule has 30 heavy (non-hydrogen) atoms. The van der Waals surface area contributed by atoms with Crippen molar-refractivity contribution >= 4 is 51.4 Å². The van der Waals surface area contributed by atoms with Gasteiger partial charge >= 0.3 is 5.97 Å². The Morgan fingerprint density at radius 1 is 1.27 bits per heavy atom. The smallest absolute Gasteiger partial charge is 0.341 e. The zero-order valence-electron chi connectivity index (χ0n) is 15.8. The van der Waals surface area contributed by atoms with Crippen molar-refractivity contribution in [3.63, 3.8) is 0 Å². The minimum atomic E-state index is -1.06. The van der Waals surface area contributed by atoms with Gasteiger partial charge in [-0.3, -0.25) is 4.79 Å². The molecule has 0 radical (unpaired) electrons. The largest absolute Gasteiger partial charge is 0.481 e. The summed E-state index contributed by atoms with van der Waals surface area (Å²) >= 11 is 2.01. The molecule has 0 bridgehead atoms. The molecule has 0 fully saturated rings. The van der Waals surface area contributed by atoms with E-state index in [0.29, 0.717) is 27.8 Å². The first-order valence-corrected chi connectivity index (χ1v) is 10.1. The van der Waals surface area contributed by atoms with Crippen molar-refractivity contribution in [2.45, 2.75) is 6.42 Å². The van der Waals surface area contributed by atoms with Crippen molar-refractivity contribution < 1.29 is 19.4 Å². The molecule has 0 aliphatic rings. The highest BCUT2D eigenvalue weighted by molar-refractivity contribution is 14.1. The average molecular weight is 515 g/mol. The molecule has 3 N–H and O–H groups in total. The van der Waals surface area contributed by atoms with E-state index in [1.54, 1.807) is 18.2 Å². The van der Waals surface area contributed by atoms with Crippen molar-refractivity contribution in [3.05, 3.63) is 68.9 Å². The summed E-state index contributed by atoms with van der Waals surface area (Å²) in [7, 11) is 0. The number of benzene rings is 2. The number of aromatic nitrogens is 1. The quantitative estimate of drug-likeness (QED) is 0.241. The topological polar surface area (TPSA) is 115 Å². The summed E-state index contributed by atoms with van der Waals surface area (Å²) in [6.07, 6.45) is 4.06. The molecular weight excluding hydrogens is 497 g/mol. The second-order valence-corrected chi connectivity index (χ2v) is 7.57. The van der Waals surface area contributed by atoms with E-state index in [9.17, 15) is 14.9 Å². The zero-order chi connectivity index (χ0) is 21.5. The molecule has 0 spiro atoms. The molecule has 1 amide bonds. The summed E-state index contributed by atoms with van der Waals surface area (Å²) in [5.74, 6) is -1.08. The van der Waals surface area contributed by atoms with Crippen LogP contribution in [0.4, 0.5) is 0 Å². The summed E-state index contributed by atoms with van der Waals surface area (Å²) in [4.78, 5) is 26.2. The standard InChI is InChI=1S/C22H18IN3O4/c23-18-10-14(5-6-20(18)30-13-21(27)28)9-16(11-24)22(29)25-8-7-15-12-26-19-4-2-1-3-17(15)19/h1-6,9-10,12,26H,7-8,13H2,(H,25,29)(H,27,28)/b16-9-. The van der Waals surface area contributed by atoms with Crippen LogP contribution in [0.2, 0.25) is 0 Å². The minimum absolute atomic E-state index is 0.0102. The molecule has 0 atom stereocenters. The maximum Gasteiger partial charge on any atom is 0.341 e. The van der Waals surface area contributed by atoms with Gasteiger partial charge in [0.05, 0.1) is 3.57 Å². The van der Waals surface area contributed by atoms with Gasteiger partial charge in [0.25, 0.3) is 5.91 Å². The van der Waals surface area contributed by atoms with Crippen molar-refractivity contribution in [1.82, 2.24) is 10.3 Å². The summed E-state index contributed by atoms with van der Waals surface area (Å²) in [5.41, 5.74) is 2.77. The lowest BCUT2D eigenvalue weighted by Crippen LogP contribution is -2.26. The highest BCUT2D eigenvalue weighted by Crippen LogP contribution is 2.23. The van der Waals surface area contributed by atoms with Crippen LogP contribution in [0.5, 0.6) is 5.75 Å². The van der Waals surface area contributed by atoms with Crippen LogP contribution < -0.4 is 10.1 Å². The van der Waals surface area contributed by atoms with E-state index < -0.39 is 18.5 Å². The van der Waals surface area contributed by atoms with E-state index in [1.165, 1.54) is 6.08 Å². The third-order valence-corrected chi connectivity index (χ3v) is 5.18. The fourth-order valence-electron chi connectivity index (χ4n) is 2.92. The summed E-state index contributed by atoms with van der Waals surface area (Å²) in [5, 5.41) is 22.0. The van der Waals surface area contributed by atoms with E-state index >= 15 is 0 Å². The first-order valence-electron chi connectivity index (χ1n) is 9.07. The number of carboxylic acids is 1. The van der Waals surface area contributed by atoms with Crippen LogP contribution in [0.25, 0.3) is 17.0 Å². The molecule has 1 aromatic heterocycles. The Labute approximate surface area is 186 Å². The number of nitrogens with zero attached hydrogens (tertiary/aromatic N) is 1. The lowest BCUT2D eigenvalue weighted by atomic mass is 10.1. The Morgan fingerprint density at radius 2 is 2.07 bits per heavy atom. The van der Waals surface area contributed by atoms with Gasteiger partial charge in [-0.25, -0.2) is 4.79 Å². The number of ether oxygens (including phenoxy) is 1. The van der Waals surface area contributed by atoms with Crippen molar-refractivity contribution in [2.75, 3.05) is 13.2 Å². The summed E-state index contributed by atoms with van der Waals surface area (Å²) < 4.78 is 5.86. The second kappa shape index (κ2) is 9.93. The van der Waals surface area contributed by atoms with Crippen LogP contribution in [0.15, 0.2) is 54.2 Å². The maximum absolute atomic E-state index is 12.4. The third-order valence-electron chi connectivity index (χ3n) is 4.34. The van der Waals surface area contributed by atoms with Crippen LogP contribution in [-0.2, 0) is 16.0 Å². The number of carbonyl (C=O) groups is 2. The fourth-order valence-corrected chi connectivity index (χ4v) is 3.62. The minimum Gasteiger partial charge on any atom is -0.481 e. The van der Waals surface area contributed by atoms with Gasteiger partial charge in [-0.05, 0) is 64.4 Å². The van der Waals surface area contributed by atoms with Crippen molar-refractivity contribution in [3.8, 4) is 11.8 Å². The van der Waals surface area contributed by atoms with E-state index in [0.717, 1.165) is 16.5 Å². The first kappa shape index (κ1) is 21.4.